The lowest BCUT2D eigenvalue weighted by atomic mass is 9.85. The minimum Gasteiger partial charge on any atom is -0.507 e. The molecule has 196 valence electrons. The first kappa shape index (κ1) is 25.4. The topological polar surface area (TPSA) is 91.0 Å². The van der Waals surface area contributed by atoms with Gasteiger partial charge in [0.15, 0.2) is 22.9 Å². The summed E-state index contributed by atoms with van der Waals surface area (Å²) in [6, 6.07) is 12.2. The number of carbonyl (C=O) groups excluding carboxylic acids is 1. The maximum atomic E-state index is 14.4. The summed E-state index contributed by atoms with van der Waals surface area (Å²) < 4.78 is 48.6. The number of carbonyl (C=O) groups is 1. The number of likely N-dealkylation sites (tertiary alicyclic amines) is 1. The Kier molecular flexibility index (Phi) is 6.84. The summed E-state index contributed by atoms with van der Waals surface area (Å²) in [5, 5.41) is 21.2. The minimum atomic E-state index is -1.67. The number of phenols is 2. The van der Waals surface area contributed by atoms with Crippen LogP contribution in [0.15, 0.2) is 63.8 Å². The molecule has 9 heteroatoms. The third kappa shape index (κ3) is 4.71. The number of aromatic hydroxyl groups is 2. The first-order chi connectivity index (χ1) is 18.2. The second-order valence-electron chi connectivity index (χ2n) is 9.37. The molecular formula is C29H24F3NO5. The quantitative estimate of drug-likeness (QED) is 0.322. The molecule has 1 aliphatic rings. The number of hydrogen-bond acceptors (Lipinski definition) is 5. The largest absolute Gasteiger partial charge is 0.507 e. The van der Waals surface area contributed by atoms with Crippen molar-refractivity contribution < 1.29 is 32.6 Å². The summed E-state index contributed by atoms with van der Waals surface area (Å²) in [6.45, 7) is 1.01. The molecular weight excluding hydrogens is 499 g/mol. The number of amides is 1. The molecule has 1 saturated heterocycles. The number of nitrogens with zero attached hydrogens (tertiary/aromatic N) is 1. The number of rotatable bonds is 5. The van der Waals surface area contributed by atoms with Crippen LogP contribution in [0.3, 0.4) is 0 Å². The van der Waals surface area contributed by atoms with Crippen LogP contribution in [0.25, 0.3) is 22.3 Å². The van der Waals surface area contributed by atoms with E-state index in [-0.39, 0.29) is 40.2 Å². The highest BCUT2D eigenvalue weighted by atomic mass is 19.2. The third-order valence-corrected chi connectivity index (χ3v) is 6.90. The Morgan fingerprint density at radius 3 is 2.24 bits per heavy atom. The van der Waals surface area contributed by atoms with Gasteiger partial charge in [0.1, 0.15) is 28.2 Å². The molecule has 1 aliphatic heterocycles. The summed E-state index contributed by atoms with van der Waals surface area (Å²) in [5.74, 6) is -7.18. The average molecular weight is 524 g/mol. The van der Waals surface area contributed by atoms with Crippen LogP contribution in [0.2, 0.25) is 0 Å². The van der Waals surface area contributed by atoms with Crippen molar-refractivity contribution in [1.29, 1.82) is 0 Å². The second-order valence-corrected chi connectivity index (χ2v) is 9.37. The molecule has 0 radical (unpaired) electrons. The van der Waals surface area contributed by atoms with E-state index in [1.165, 1.54) is 6.07 Å². The van der Waals surface area contributed by atoms with Gasteiger partial charge in [0, 0.05) is 48.7 Å². The first-order valence-corrected chi connectivity index (χ1v) is 12.2. The molecule has 0 bridgehead atoms. The molecule has 2 heterocycles. The highest BCUT2D eigenvalue weighted by molar-refractivity contribution is 5.91. The van der Waals surface area contributed by atoms with Crippen LogP contribution in [-0.4, -0.2) is 34.1 Å². The Labute approximate surface area is 215 Å². The van der Waals surface area contributed by atoms with Gasteiger partial charge < -0.3 is 19.5 Å². The maximum Gasteiger partial charge on any atom is 0.223 e. The fourth-order valence-electron chi connectivity index (χ4n) is 5.01. The molecule has 0 saturated carbocycles. The van der Waals surface area contributed by atoms with Crippen LogP contribution in [-0.2, 0) is 4.79 Å². The minimum absolute atomic E-state index is 0.118. The standard InChI is InChI=1S/C29H24F3NO5/c30-19-11-17(12-20(31)28(19)32)18(13-25(37)33-9-5-2-6-10-33)26-21(34)14-22(35)27-23(36)15-24(38-29(26)27)16-7-3-1-4-8-16/h1,3-4,7-8,11-12,14-15,18,34-35H,2,5-6,9-10,13H2. The van der Waals surface area contributed by atoms with Crippen molar-refractivity contribution in [3.05, 3.63) is 93.4 Å². The van der Waals surface area contributed by atoms with E-state index in [2.05, 4.69) is 0 Å². The maximum absolute atomic E-state index is 14.4. The molecule has 2 N–H and O–H groups in total. The molecule has 4 aromatic rings. The van der Waals surface area contributed by atoms with Gasteiger partial charge in [-0.3, -0.25) is 9.59 Å². The van der Waals surface area contributed by atoms with E-state index in [1.54, 1.807) is 35.2 Å². The molecule has 1 fully saturated rings. The predicted molar refractivity (Wildman–Crippen MR) is 134 cm³/mol. The van der Waals surface area contributed by atoms with E-state index in [1.807, 2.05) is 0 Å². The van der Waals surface area contributed by atoms with Gasteiger partial charge >= 0.3 is 0 Å². The fraction of sp³-hybridized carbons (Fsp3) is 0.241. The van der Waals surface area contributed by atoms with Crippen molar-refractivity contribution in [2.75, 3.05) is 13.1 Å². The lowest BCUT2D eigenvalue weighted by Gasteiger charge is -2.29. The van der Waals surface area contributed by atoms with Crippen LogP contribution in [0.4, 0.5) is 13.2 Å². The molecule has 0 spiro atoms. The fourth-order valence-corrected chi connectivity index (χ4v) is 5.01. The summed E-state index contributed by atoms with van der Waals surface area (Å²) in [7, 11) is 0. The van der Waals surface area contributed by atoms with Crippen LogP contribution in [0, 0.1) is 17.5 Å². The Morgan fingerprint density at radius 2 is 1.58 bits per heavy atom. The SMILES string of the molecule is O=C(CC(c1cc(F)c(F)c(F)c1)c1c(O)cc(O)c2c(=O)cc(-c3ccccc3)oc12)N1CCCCC1. The van der Waals surface area contributed by atoms with Gasteiger partial charge in [0.05, 0.1) is 0 Å². The highest BCUT2D eigenvalue weighted by Crippen LogP contribution is 2.43. The zero-order chi connectivity index (χ0) is 27.0. The van der Waals surface area contributed by atoms with Crippen LogP contribution in [0.1, 0.15) is 42.7 Å². The number of fused-ring (bicyclic) bond motifs is 1. The number of phenolic OH excluding ortho intramolecular Hbond substituents is 2. The van der Waals surface area contributed by atoms with Crippen molar-refractivity contribution in [1.82, 2.24) is 4.90 Å². The molecule has 1 atom stereocenters. The Bertz CT molecular complexity index is 1560. The summed E-state index contributed by atoms with van der Waals surface area (Å²) in [6.07, 6.45) is 2.23. The van der Waals surface area contributed by atoms with E-state index >= 15 is 0 Å². The molecule has 38 heavy (non-hydrogen) atoms. The van der Waals surface area contributed by atoms with Crippen molar-refractivity contribution in [2.24, 2.45) is 0 Å². The van der Waals surface area contributed by atoms with Gasteiger partial charge in [0.25, 0.3) is 0 Å². The van der Waals surface area contributed by atoms with E-state index in [0.29, 0.717) is 18.7 Å². The van der Waals surface area contributed by atoms with E-state index in [0.717, 1.165) is 37.5 Å². The number of halogens is 3. The van der Waals surface area contributed by atoms with Gasteiger partial charge in [-0.25, -0.2) is 13.2 Å². The lowest BCUT2D eigenvalue weighted by molar-refractivity contribution is -0.132. The Hall–Kier alpha value is -4.27. The normalized spacial score (nSPS) is 14.6. The van der Waals surface area contributed by atoms with E-state index in [9.17, 15) is 33.0 Å². The number of hydrogen-bond donors (Lipinski definition) is 2. The lowest BCUT2D eigenvalue weighted by Crippen LogP contribution is -2.36. The van der Waals surface area contributed by atoms with Crippen molar-refractivity contribution >= 4 is 16.9 Å². The highest BCUT2D eigenvalue weighted by Gasteiger charge is 2.31. The average Bonchev–Trinajstić information content (AvgIpc) is 2.91. The summed E-state index contributed by atoms with van der Waals surface area (Å²) in [5.41, 5.74) is -0.595. The number of piperidine rings is 1. The molecule has 1 amide bonds. The predicted octanol–water partition coefficient (Wildman–Crippen LogP) is 5.82. The second kappa shape index (κ2) is 10.2. The zero-order valence-electron chi connectivity index (χ0n) is 20.2. The van der Waals surface area contributed by atoms with Gasteiger partial charge in [-0.15, -0.1) is 0 Å². The van der Waals surface area contributed by atoms with Crippen LogP contribution in [0.5, 0.6) is 11.5 Å². The summed E-state index contributed by atoms with van der Waals surface area (Å²) in [4.78, 5) is 28.0. The first-order valence-electron chi connectivity index (χ1n) is 12.2. The van der Waals surface area contributed by atoms with Gasteiger partial charge in [-0.2, -0.15) is 0 Å². The van der Waals surface area contributed by atoms with Crippen LogP contribution < -0.4 is 5.43 Å². The zero-order valence-corrected chi connectivity index (χ0v) is 20.2. The molecule has 3 aromatic carbocycles. The van der Waals surface area contributed by atoms with Crippen molar-refractivity contribution in [2.45, 2.75) is 31.6 Å². The van der Waals surface area contributed by atoms with Crippen molar-refractivity contribution in [3.63, 3.8) is 0 Å². The van der Waals surface area contributed by atoms with Crippen molar-refractivity contribution in [3.8, 4) is 22.8 Å². The molecule has 0 aliphatic carbocycles. The number of benzene rings is 3. The van der Waals surface area contributed by atoms with E-state index < -0.39 is 40.3 Å². The molecule has 1 aromatic heterocycles. The summed E-state index contributed by atoms with van der Waals surface area (Å²) >= 11 is 0. The van der Waals surface area contributed by atoms with Gasteiger partial charge in [0.2, 0.25) is 5.91 Å². The van der Waals surface area contributed by atoms with Crippen LogP contribution >= 0.6 is 0 Å². The monoisotopic (exact) mass is 523 g/mol. The molecule has 6 nitrogen and oxygen atoms in total. The molecule has 5 rings (SSSR count). The van der Waals surface area contributed by atoms with E-state index in [4.69, 9.17) is 4.42 Å². The van der Waals surface area contributed by atoms with Gasteiger partial charge in [-0.1, -0.05) is 30.3 Å². The Morgan fingerprint density at radius 1 is 0.921 bits per heavy atom. The third-order valence-electron chi connectivity index (χ3n) is 6.90. The smallest absolute Gasteiger partial charge is 0.223 e. The van der Waals surface area contributed by atoms with Gasteiger partial charge in [-0.05, 0) is 37.0 Å². The Balaban J connectivity index is 1.75. The molecule has 1 unspecified atom stereocenters.